The lowest BCUT2D eigenvalue weighted by Crippen LogP contribution is -2.40. The van der Waals surface area contributed by atoms with E-state index in [-0.39, 0.29) is 16.8 Å². The Morgan fingerprint density at radius 3 is 2.81 bits per heavy atom. The summed E-state index contributed by atoms with van der Waals surface area (Å²) >= 11 is 4.88. The van der Waals surface area contributed by atoms with Gasteiger partial charge >= 0.3 is 0 Å². The van der Waals surface area contributed by atoms with E-state index >= 15 is 0 Å². The number of carbonyl (C=O) groups excluding carboxylic acids is 1. The van der Waals surface area contributed by atoms with Gasteiger partial charge in [-0.05, 0) is 5.92 Å². The van der Waals surface area contributed by atoms with E-state index in [1.807, 2.05) is 13.8 Å². The number of amides is 1. The van der Waals surface area contributed by atoms with Crippen molar-refractivity contribution in [3.63, 3.8) is 0 Å². The predicted octanol–water partition coefficient (Wildman–Crippen LogP) is 0.584. The van der Waals surface area contributed by atoms with Gasteiger partial charge in [0.25, 0.3) is 0 Å². The lowest BCUT2D eigenvalue weighted by Gasteiger charge is -2.18. The van der Waals surface area contributed by atoms with Crippen LogP contribution in [0.15, 0.2) is 12.4 Å². The van der Waals surface area contributed by atoms with Crippen LogP contribution in [0.2, 0.25) is 0 Å². The van der Waals surface area contributed by atoms with Crippen LogP contribution >= 0.6 is 12.2 Å². The number of nitrogens with one attached hydrogen (secondary N) is 2. The standard InChI is InChI=1S/C10H16N4OS/c1-6(2)8(9(11)16)10(15)12-3-7-4-13-14-5-7/h4-6,8H,3H2,1-2H3,(H2,11,16)(H,12,15)(H,13,14). The number of hydrogen-bond donors (Lipinski definition) is 3. The quantitative estimate of drug-likeness (QED) is 0.657. The predicted molar refractivity (Wildman–Crippen MR) is 65.5 cm³/mol. The maximum absolute atomic E-state index is 11.8. The van der Waals surface area contributed by atoms with Crippen LogP contribution in [0.3, 0.4) is 0 Å². The van der Waals surface area contributed by atoms with E-state index in [2.05, 4.69) is 15.5 Å². The zero-order chi connectivity index (χ0) is 12.1. The molecule has 4 N–H and O–H groups in total. The van der Waals surface area contributed by atoms with Gasteiger partial charge in [-0.3, -0.25) is 9.89 Å². The zero-order valence-electron chi connectivity index (χ0n) is 9.36. The summed E-state index contributed by atoms with van der Waals surface area (Å²) in [4.78, 5) is 12.0. The molecule has 16 heavy (non-hydrogen) atoms. The van der Waals surface area contributed by atoms with Gasteiger partial charge in [0, 0.05) is 18.3 Å². The lowest BCUT2D eigenvalue weighted by atomic mass is 9.95. The number of nitrogens with zero attached hydrogens (tertiary/aromatic N) is 1. The first kappa shape index (κ1) is 12.6. The Kier molecular flexibility index (Phi) is 4.42. The van der Waals surface area contributed by atoms with Crippen LogP contribution in [0.4, 0.5) is 0 Å². The van der Waals surface area contributed by atoms with Crippen molar-refractivity contribution < 1.29 is 4.79 Å². The summed E-state index contributed by atoms with van der Waals surface area (Å²) in [6.07, 6.45) is 3.39. The molecular formula is C10H16N4OS. The van der Waals surface area contributed by atoms with Gasteiger partial charge in [-0.25, -0.2) is 0 Å². The van der Waals surface area contributed by atoms with E-state index in [1.165, 1.54) is 0 Å². The topological polar surface area (TPSA) is 83.8 Å². The second-order valence-electron chi connectivity index (χ2n) is 3.95. The molecule has 1 rings (SSSR count). The van der Waals surface area contributed by atoms with E-state index in [4.69, 9.17) is 18.0 Å². The first-order valence-corrected chi connectivity index (χ1v) is 5.48. The van der Waals surface area contributed by atoms with Gasteiger partial charge in [-0.15, -0.1) is 0 Å². The fraction of sp³-hybridized carbons (Fsp3) is 0.500. The van der Waals surface area contributed by atoms with Gasteiger partial charge in [0.2, 0.25) is 5.91 Å². The van der Waals surface area contributed by atoms with Crippen LogP contribution in [0.25, 0.3) is 0 Å². The van der Waals surface area contributed by atoms with Crippen LogP contribution in [0.1, 0.15) is 19.4 Å². The molecule has 1 atom stereocenters. The maximum atomic E-state index is 11.8. The van der Waals surface area contributed by atoms with Gasteiger partial charge in [-0.1, -0.05) is 26.1 Å². The fourth-order valence-corrected chi connectivity index (χ4v) is 1.81. The molecular weight excluding hydrogens is 224 g/mol. The highest BCUT2D eigenvalue weighted by Gasteiger charge is 2.24. The second-order valence-corrected chi connectivity index (χ2v) is 4.42. The third kappa shape index (κ3) is 3.30. The van der Waals surface area contributed by atoms with Crippen LogP contribution in [0, 0.1) is 11.8 Å². The molecule has 5 nitrogen and oxygen atoms in total. The molecule has 1 aromatic heterocycles. The molecule has 1 unspecified atom stereocenters. The molecule has 0 saturated heterocycles. The summed E-state index contributed by atoms with van der Waals surface area (Å²) in [7, 11) is 0. The third-order valence-corrected chi connectivity index (χ3v) is 2.53. The molecule has 0 saturated carbocycles. The maximum Gasteiger partial charge on any atom is 0.230 e. The van der Waals surface area contributed by atoms with Crippen molar-refractivity contribution in [1.29, 1.82) is 0 Å². The Labute approximate surface area is 99.8 Å². The van der Waals surface area contributed by atoms with Gasteiger partial charge in [-0.2, -0.15) is 5.10 Å². The lowest BCUT2D eigenvalue weighted by molar-refractivity contribution is -0.124. The van der Waals surface area contributed by atoms with Crippen LogP contribution < -0.4 is 11.1 Å². The molecule has 88 valence electrons. The highest BCUT2D eigenvalue weighted by atomic mass is 32.1. The van der Waals surface area contributed by atoms with E-state index < -0.39 is 5.92 Å². The minimum atomic E-state index is -0.415. The molecule has 0 aliphatic rings. The minimum absolute atomic E-state index is 0.0989. The Morgan fingerprint density at radius 2 is 2.38 bits per heavy atom. The molecule has 0 fully saturated rings. The monoisotopic (exact) mass is 240 g/mol. The van der Waals surface area contributed by atoms with Gasteiger partial charge in [0.1, 0.15) is 0 Å². The smallest absolute Gasteiger partial charge is 0.230 e. The summed E-state index contributed by atoms with van der Waals surface area (Å²) in [6.45, 7) is 4.27. The van der Waals surface area contributed by atoms with Gasteiger partial charge in [0.05, 0.1) is 17.1 Å². The molecule has 0 radical (unpaired) electrons. The minimum Gasteiger partial charge on any atom is -0.393 e. The number of H-pyrrole nitrogens is 1. The second kappa shape index (κ2) is 5.60. The average molecular weight is 240 g/mol. The van der Waals surface area contributed by atoms with Crippen molar-refractivity contribution in [3.05, 3.63) is 18.0 Å². The van der Waals surface area contributed by atoms with E-state index in [0.29, 0.717) is 6.54 Å². The van der Waals surface area contributed by atoms with Crippen molar-refractivity contribution in [1.82, 2.24) is 15.5 Å². The fourth-order valence-electron chi connectivity index (χ4n) is 1.43. The van der Waals surface area contributed by atoms with Crippen molar-refractivity contribution in [2.75, 3.05) is 0 Å². The number of rotatable bonds is 5. The molecule has 0 aromatic carbocycles. The number of nitrogens with two attached hydrogens (primary N) is 1. The molecule has 0 spiro atoms. The summed E-state index contributed by atoms with van der Waals surface area (Å²) in [5.41, 5.74) is 6.46. The number of carbonyl (C=O) groups is 1. The summed E-state index contributed by atoms with van der Waals surface area (Å²) in [5, 5.41) is 9.25. The molecule has 0 bridgehead atoms. The normalized spacial score (nSPS) is 12.4. The zero-order valence-corrected chi connectivity index (χ0v) is 10.2. The first-order valence-electron chi connectivity index (χ1n) is 5.07. The molecule has 0 aliphatic carbocycles. The SMILES string of the molecule is CC(C)C(C(=O)NCc1cn[nH]c1)C(N)=S. The Balaban J connectivity index is 2.53. The van der Waals surface area contributed by atoms with Crippen molar-refractivity contribution >= 4 is 23.1 Å². The van der Waals surface area contributed by atoms with Crippen molar-refractivity contribution in [2.45, 2.75) is 20.4 Å². The van der Waals surface area contributed by atoms with Crippen molar-refractivity contribution in [3.8, 4) is 0 Å². The number of hydrogen-bond acceptors (Lipinski definition) is 3. The Hall–Kier alpha value is -1.43. The summed E-state index contributed by atoms with van der Waals surface area (Å²) < 4.78 is 0. The van der Waals surface area contributed by atoms with Crippen LogP contribution in [-0.4, -0.2) is 21.1 Å². The molecule has 1 amide bonds. The van der Waals surface area contributed by atoms with Crippen LogP contribution in [0.5, 0.6) is 0 Å². The van der Waals surface area contributed by atoms with E-state index in [9.17, 15) is 4.79 Å². The van der Waals surface area contributed by atoms with Gasteiger partial charge in [0.15, 0.2) is 0 Å². The highest BCUT2D eigenvalue weighted by Crippen LogP contribution is 2.11. The number of aromatic amines is 1. The summed E-state index contributed by atoms with van der Waals surface area (Å²) in [6, 6.07) is 0. The molecule has 0 aliphatic heterocycles. The van der Waals surface area contributed by atoms with Crippen LogP contribution in [-0.2, 0) is 11.3 Å². The van der Waals surface area contributed by atoms with E-state index in [0.717, 1.165) is 5.56 Å². The average Bonchev–Trinajstić information content (AvgIpc) is 2.65. The van der Waals surface area contributed by atoms with E-state index in [1.54, 1.807) is 12.4 Å². The molecule has 6 heteroatoms. The highest BCUT2D eigenvalue weighted by molar-refractivity contribution is 7.80. The van der Waals surface area contributed by atoms with Gasteiger partial charge < -0.3 is 11.1 Å². The molecule has 1 heterocycles. The Morgan fingerprint density at radius 1 is 1.69 bits per heavy atom. The third-order valence-electron chi connectivity index (χ3n) is 2.28. The first-order chi connectivity index (χ1) is 7.52. The Bertz CT molecular complexity index is 361. The largest absolute Gasteiger partial charge is 0.393 e. The number of aromatic nitrogens is 2. The number of thiocarbonyl (C=S) groups is 1. The van der Waals surface area contributed by atoms with Crippen molar-refractivity contribution in [2.24, 2.45) is 17.6 Å². The summed E-state index contributed by atoms with van der Waals surface area (Å²) in [5.74, 6) is -0.451. The molecule has 1 aromatic rings.